The molecule has 0 radical (unpaired) electrons. The lowest BCUT2D eigenvalue weighted by atomic mass is 10.1. The van der Waals surface area contributed by atoms with Gasteiger partial charge in [-0.15, -0.1) is 0 Å². The van der Waals surface area contributed by atoms with Gasteiger partial charge in [0.25, 0.3) is 0 Å². The molecule has 1 aromatic heterocycles. The Hall–Kier alpha value is -3.36. The van der Waals surface area contributed by atoms with Gasteiger partial charge in [-0.25, -0.2) is 14.8 Å². The Morgan fingerprint density at radius 3 is 2.61 bits per heavy atom. The summed E-state index contributed by atoms with van der Waals surface area (Å²) >= 11 is 6.01. The first-order valence-corrected chi connectivity index (χ1v) is 12.6. The van der Waals surface area contributed by atoms with E-state index in [9.17, 15) is 9.90 Å². The van der Waals surface area contributed by atoms with Gasteiger partial charge in [0.2, 0.25) is 5.95 Å². The molecule has 1 N–H and O–H groups in total. The van der Waals surface area contributed by atoms with Gasteiger partial charge in [0.05, 0.1) is 11.3 Å². The van der Waals surface area contributed by atoms with Gasteiger partial charge in [-0.2, -0.15) is 0 Å². The highest BCUT2D eigenvalue weighted by molar-refractivity contribution is 6.30. The lowest BCUT2D eigenvalue weighted by Crippen LogP contribution is -2.48. The number of piperazine rings is 1. The first-order chi connectivity index (χ1) is 17.5. The van der Waals surface area contributed by atoms with Gasteiger partial charge in [0.15, 0.2) is 0 Å². The smallest absolute Gasteiger partial charge is 0.339 e. The summed E-state index contributed by atoms with van der Waals surface area (Å²) in [6.45, 7) is 5.49. The average molecular weight is 510 g/mol. The zero-order chi connectivity index (χ0) is 25.3. The van der Waals surface area contributed by atoms with Crippen molar-refractivity contribution >= 4 is 29.2 Å². The van der Waals surface area contributed by atoms with Crippen LogP contribution in [0.25, 0.3) is 0 Å². The van der Waals surface area contributed by atoms with E-state index in [0.29, 0.717) is 29.7 Å². The van der Waals surface area contributed by atoms with Crippen LogP contribution in [-0.2, 0) is 6.42 Å². The fraction of sp³-hybridized carbons (Fsp3) is 0.370. The molecule has 4 rings (SSSR count). The minimum Gasteiger partial charge on any atom is -0.492 e. The number of hydrogen-bond donors (Lipinski definition) is 1. The van der Waals surface area contributed by atoms with Crippen LogP contribution in [-0.4, -0.2) is 78.9 Å². The molecule has 0 unspecified atom stereocenters. The number of para-hydroxylation sites is 1. The summed E-state index contributed by atoms with van der Waals surface area (Å²) in [7, 11) is 2.04. The van der Waals surface area contributed by atoms with Crippen LogP contribution in [0.3, 0.4) is 0 Å². The van der Waals surface area contributed by atoms with Crippen molar-refractivity contribution in [3.63, 3.8) is 0 Å². The van der Waals surface area contributed by atoms with E-state index >= 15 is 0 Å². The van der Waals surface area contributed by atoms with Crippen LogP contribution < -0.4 is 14.5 Å². The second-order valence-corrected chi connectivity index (χ2v) is 9.27. The topological polar surface area (TPSA) is 82.0 Å². The predicted molar refractivity (Wildman–Crippen MR) is 143 cm³/mol. The molecule has 0 aliphatic carbocycles. The maximum Gasteiger partial charge on any atom is 0.339 e. The number of benzene rings is 2. The Labute approximate surface area is 217 Å². The quantitative estimate of drug-likeness (QED) is 0.414. The van der Waals surface area contributed by atoms with Gasteiger partial charge in [0.1, 0.15) is 12.4 Å². The molecular formula is C27H32ClN5O3. The zero-order valence-corrected chi connectivity index (χ0v) is 21.3. The number of carboxylic acids is 1. The summed E-state index contributed by atoms with van der Waals surface area (Å²) in [5.41, 5.74) is 1.90. The van der Waals surface area contributed by atoms with Crippen LogP contribution in [0.15, 0.2) is 60.8 Å². The highest BCUT2D eigenvalue weighted by Crippen LogP contribution is 2.19. The Morgan fingerprint density at radius 1 is 1.11 bits per heavy atom. The lowest BCUT2D eigenvalue weighted by molar-refractivity contribution is 0.0694. The largest absolute Gasteiger partial charge is 0.492 e. The van der Waals surface area contributed by atoms with Crippen LogP contribution in [0.5, 0.6) is 5.75 Å². The van der Waals surface area contributed by atoms with Crippen LogP contribution in [0, 0.1) is 0 Å². The molecule has 36 heavy (non-hydrogen) atoms. The van der Waals surface area contributed by atoms with Crippen molar-refractivity contribution in [3.05, 3.63) is 77.1 Å². The number of hydrogen-bond acceptors (Lipinski definition) is 7. The van der Waals surface area contributed by atoms with E-state index in [1.165, 1.54) is 6.20 Å². The third-order valence-corrected chi connectivity index (χ3v) is 6.55. The van der Waals surface area contributed by atoms with Gasteiger partial charge >= 0.3 is 5.97 Å². The molecule has 0 amide bonds. The summed E-state index contributed by atoms with van der Waals surface area (Å²) < 4.78 is 5.81. The third-order valence-electron chi connectivity index (χ3n) is 6.32. The summed E-state index contributed by atoms with van der Waals surface area (Å²) in [5, 5.41) is 10.3. The second-order valence-electron chi connectivity index (χ2n) is 8.83. The maximum absolute atomic E-state index is 11.8. The van der Waals surface area contributed by atoms with Crippen molar-refractivity contribution in [1.82, 2.24) is 14.9 Å². The van der Waals surface area contributed by atoms with Crippen molar-refractivity contribution in [2.24, 2.45) is 0 Å². The fourth-order valence-corrected chi connectivity index (χ4v) is 4.42. The molecule has 1 saturated heterocycles. The van der Waals surface area contributed by atoms with E-state index < -0.39 is 5.97 Å². The van der Waals surface area contributed by atoms with Gasteiger partial charge in [-0.05, 0) is 43.2 Å². The average Bonchev–Trinajstić information content (AvgIpc) is 2.89. The number of carbonyl (C=O) groups is 1. The van der Waals surface area contributed by atoms with Crippen molar-refractivity contribution in [2.75, 3.05) is 62.7 Å². The van der Waals surface area contributed by atoms with Crippen molar-refractivity contribution < 1.29 is 14.6 Å². The first-order valence-electron chi connectivity index (χ1n) is 12.2. The lowest BCUT2D eigenvalue weighted by Gasteiger charge is -2.34. The minimum absolute atomic E-state index is 0.179. The van der Waals surface area contributed by atoms with Crippen LogP contribution in [0.2, 0.25) is 5.02 Å². The number of anilines is 2. The molecule has 0 saturated carbocycles. The van der Waals surface area contributed by atoms with Gasteiger partial charge in [0, 0.05) is 63.2 Å². The van der Waals surface area contributed by atoms with Crippen molar-refractivity contribution in [2.45, 2.75) is 12.8 Å². The molecule has 190 valence electrons. The Kier molecular flexibility index (Phi) is 8.97. The van der Waals surface area contributed by atoms with E-state index in [1.807, 2.05) is 49.5 Å². The number of aryl methyl sites for hydroxylation is 1. The summed E-state index contributed by atoms with van der Waals surface area (Å²) in [4.78, 5) is 27.5. The molecule has 1 aliphatic rings. The molecule has 1 fully saturated rings. The Bertz CT molecular complexity index is 1140. The molecule has 1 aliphatic heterocycles. The molecular weight excluding hydrogens is 478 g/mol. The molecule has 0 atom stereocenters. The van der Waals surface area contributed by atoms with Crippen LogP contribution in [0.1, 0.15) is 22.5 Å². The van der Waals surface area contributed by atoms with E-state index in [2.05, 4.69) is 36.8 Å². The number of halogens is 1. The number of rotatable bonds is 11. The fourth-order valence-electron chi connectivity index (χ4n) is 4.24. The molecule has 8 nitrogen and oxygen atoms in total. The molecule has 0 bridgehead atoms. The number of aromatic carboxylic acids is 1. The standard InChI is InChI=1S/C27H32ClN5O3/c1-31(22-8-3-2-4-9-22)12-6-11-25-24(26(34)35)20-29-27(30-25)33-15-13-32(14-16-33)17-18-36-23-10-5-7-21(28)19-23/h2-5,7-10,19-20H,6,11-18H2,1H3,(H,34,35). The van der Waals surface area contributed by atoms with Gasteiger partial charge < -0.3 is 19.6 Å². The number of carboxylic acid groups (broad SMARTS) is 1. The highest BCUT2D eigenvalue weighted by atomic mass is 35.5. The first kappa shape index (κ1) is 25.7. The van der Waals surface area contributed by atoms with E-state index in [0.717, 1.165) is 57.1 Å². The summed E-state index contributed by atoms with van der Waals surface area (Å²) in [5.74, 6) is 0.384. The summed E-state index contributed by atoms with van der Waals surface area (Å²) in [6, 6.07) is 17.6. The zero-order valence-electron chi connectivity index (χ0n) is 20.5. The van der Waals surface area contributed by atoms with Gasteiger partial charge in [-0.1, -0.05) is 35.9 Å². The maximum atomic E-state index is 11.8. The van der Waals surface area contributed by atoms with Crippen LogP contribution >= 0.6 is 11.6 Å². The third kappa shape index (κ3) is 7.08. The normalized spacial score (nSPS) is 14.0. The highest BCUT2D eigenvalue weighted by Gasteiger charge is 2.21. The number of aromatic nitrogens is 2. The number of ether oxygens (including phenoxy) is 1. The van der Waals surface area contributed by atoms with Crippen molar-refractivity contribution in [3.8, 4) is 5.75 Å². The van der Waals surface area contributed by atoms with Gasteiger partial charge in [-0.3, -0.25) is 4.90 Å². The predicted octanol–water partition coefficient (Wildman–Crippen LogP) is 4.10. The Balaban J connectivity index is 1.29. The van der Waals surface area contributed by atoms with Crippen molar-refractivity contribution in [1.29, 1.82) is 0 Å². The number of nitrogens with zero attached hydrogens (tertiary/aromatic N) is 5. The second kappa shape index (κ2) is 12.6. The molecule has 2 aromatic carbocycles. The molecule has 9 heteroatoms. The molecule has 3 aromatic rings. The molecule has 0 spiro atoms. The minimum atomic E-state index is -0.988. The van der Waals surface area contributed by atoms with E-state index in [-0.39, 0.29) is 5.56 Å². The van der Waals surface area contributed by atoms with Crippen LogP contribution in [0.4, 0.5) is 11.6 Å². The SMILES string of the molecule is CN(CCCc1nc(N2CCN(CCOc3cccc(Cl)c3)CC2)ncc1C(=O)O)c1ccccc1. The van der Waals surface area contributed by atoms with E-state index in [1.54, 1.807) is 0 Å². The monoisotopic (exact) mass is 509 g/mol. The summed E-state index contributed by atoms with van der Waals surface area (Å²) in [6.07, 6.45) is 2.82. The van der Waals surface area contributed by atoms with E-state index in [4.69, 9.17) is 16.3 Å². The molecule has 2 heterocycles. The Morgan fingerprint density at radius 2 is 1.89 bits per heavy atom.